The largest absolute Gasteiger partial charge is 0.508 e. The zero-order valence-corrected chi connectivity index (χ0v) is 16.8. The Balaban J connectivity index is 1.48. The van der Waals surface area contributed by atoms with Crippen molar-refractivity contribution in [3.63, 3.8) is 0 Å². The van der Waals surface area contributed by atoms with Crippen LogP contribution in [0.25, 0.3) is 16.7 Å². The zero-order valence-electron chi connectivity index (χ0n) is 16.8. The molecule has 0 fully saturated rings. The molecule has 2 aromatic rings. The first-order valence-electron chi connectivity index (χ1n) is 10.8. The predicted octanol–water partition coefficient (Wildman–Crippen LogP) is 7.99. The molecule has 27 heavy (non-hydrogen) atoms. The highest BCUT2D eigenvalue weighted by molar-refractivity contribution is 5.71. The van der Waals surface area contributed by atoms with Gasteiger partial charge in [-0.1, -0.05) is 94.3 Å². The molecule has 3 rings (SSSR count). The second-order valence-electron chi connectivity index (χ2n) is 8.05. The maximum atomic E-state index is 9.43. The van der Waals surface area contributed by atoms with Gasteiger partial charge in [0.2, 0.25) is 0 Å². The van der Waals surface area contributed by atoms with Gasteiger partial charge in [0, 0.05) is 0 Å². The number of allylic oxidation sites excluding steroid dienone is 2. The van der Waals surface area contributed by atoms with Crippen LogP contribution >= 0.6 is 0 Å². The number of phenols is 1. The Morgan fingerprint density at radius 2 is 1.37 bits per heavy atom. The van der Waals surface area contributed by atoms with Crippen LogP contribution in [0, 0.1) is 5.92 Å². The molecule has 144 valence electrons. The SMILES string of the molecule is CCCCCCCCC1CC=C(c2ccc(-c3ccc(O)cc3)cc2)CC1. The molecule has 0 bridgehead atoms. The van der Waals surface area contributed by atoms with Gasteiger partial charge in [0.1, 0.15) is 5.75 Å². The molecule has 0 saturated carbocycles. The molecule has 0 aromatic heterocycles. The third-order valence-electron chi connectivity index (χ3n) is 5.94. The third-order valence-corrected chi connectivity index (χ3v) is 5.94. The molecule has 0 saturated heterocycles. The van der Waals surface area contributed by atoms with Crippen LogP contribution in [-0.4, -0.2) is 5.11 Å². The van der Waals surface area contributed by atoms with Crippen molar-refractivity contribution >= 4 is 5.57 Å². The molecule has 1 N–H and O–H groups in total. The van der Waals surface area contributed by atoms with E-state index in [0.29, 0.717) is 5.75 Å². The van der Waals surface area contributed by atoms with Crippen LogP contribution in [0.2, 0.25) is 0 Å². The normalized spacial score (nSPS) is 16.9. The van der Waals surface area contributed by atoms with Gasteiger partial charge in [-0.3, -0.25) is 0 Å². The number of phenolic OH excluding ortho intramolecular Hbond substituents is 1. The highest BCUT2D eigenvalue weighted by Crippen LogP contribution is 2.33. The Hall–Kier alpha value is -2.02. The van der Waals surface area contributed by atoms with Crippen molar-refractivity contribution in [1.29, 1.82) is 0 Å². The fourth-order valence-electron chi connectivity index (χ4n) is 4.16. The van der Waals surface area contributed by atoms with E-state index in [0.717, 1.165) is 11.5 Å². The van der Waals surface area contributed by atoms with Crippen LogP contribution in [0.1, 0.15) is 76.7 Å². The van der Waals surface area contributed by atoms with Gasteiger partial charge >= 0.3 is 0 Å². The fraction of sp³-hybridized carbons (Fsp3) is 0.462. The van der Waals surface area contributed by atoms with Crippen molar-refractivity contribution in [3.05, 3.63) is 60.2 Å². The molecule has 0 heterocycles. The number of hydrogen-bond donors (Lipinski definition) is 1. The summed E-state index contributed by atoms with van der Waals surface area (Å²) in [6.45, 7) is 2.28. The number of benzene rings is 2. The first kappa shape index (κ1) is 19.7. The van der Waals surface area contributed by atoms with E-state index < -0.39 is 0 Å². The molecule has 0 aliphatic heterocycles. The lowest BCUT2D eigenvalue weighted by atomic mass is 9.83. The highest BCUT2D eigenvalue weighted by atomic mass is 16.3. The van der Waals surface area contributed by atoms with Gasteiger partial charge in [-0.05, 0) is 59.6 Å². The molecular weight excluding hydrogens is 328 g/mol. The van der Waals surface area contributed by atoms with E-state index in [4.69, 9.17) is 0 Å². The lowest BCUT2D eigenvalue weighted by Gasteiger charge is -2.22. The Bertz CT molecular complexity index is 709. The van der Waals surface area contributed by atoms with Gasteiger partial charge in [0.25, 0.3) is 0 Å². The van der Waals surface area contributed by atoms with Crippen molar-refractivity contribution in [1.82, 2.24) is 0 Å². The molecule has 0 radical (unpaired) electrons. The average molecular weight is 363 g/mol. The maximum Gasteiger partial charge on any atom is 0.115 e. The molecule has 1 atom stereocenters. The number of hydrogen-bond acceptors (Lipinski definition) is 1. The van der Waals surface area contributed by atoms with E-state index in [-0.39, 0.29) is 0 Å². The van der Waals surface area contributed by atoms with E-state index in [1.807, 2.05) is 12.1 Å². The second kappa shape index (κ2) is 10.3. The Labute approximate surface area is 165 Å². The first-order valence-corrected chi connectivity index (χ1v) is 10.8. The van der Waals surface area contributed by atoms with Crippen molar-refractivity contribution in [2.75, 3.05) is 0 Å². The predicted molar refractivity (Wildman–Crippen MR) is 117 cm³/mol. The molecule has 1 aliphatic rings. The van der Waals surface area contributed by atoms with Crippen LogP contribution in [0.4, 0.5) is 0 Å². The summed E-state index contributed by atoms with van der Waals surface area (Å²) in [5.41, 5.74) is 5.24. The van der Waals surface area contributed by atoms with Crippen LogP contribution < -0.4 is 0 Å². The minimum absolute atomic E-state index is 0.318. The zero-order chi connectivity index (χ0) is 18.9. The van der Waals surface area contributed by atoms with E-state index in [1.54, 1.807) is 12.1 Å². The topological polar surface area (TPSA) is 20.2 Å². The van der Waals surface area contributed by atoms with Gasteiger partial charge in [0.05, 0.1) is 0 Å². The summed E-state index contributed by atoms with van der Waals surface area (Å²) >= 11 is 0. The quantitative estimate of drug-likeness (QED) is 0.448. The van der Waals surface area contributed by atoms with Gasteiger partial charge < -0.3 is 5.11 Å². The van der Waals surface area contributed by atoms with E-state index in [2.05, 4.69) is 37.3 Å². The van der Waals surface area contributed by atoms with Gasteiger partial charge in [0.15, 0.2) is 0 Å². The number of rotatable bonds is 9. The van der Waals surface area contributed by atoms with Crippen molar-refractivity contribution < 1.29 is 5.11 Å². The lowest BCUT2D eigenvalue weighted by molar-refractivity contribution is 0.423. The smallest absolute Gasteiger partial charge is 0.115 e. The summed E-state index contributed by atoms with van der Waals surface area (Å²) in [7, 11) is 0. The van der Waals surface area contributed by atoms with E-state index in [9.17, 15) is 5.11 Å². The molecule has 1 heteroatoms. The summed E-state index contributed by atoms with van der Waals surface area (Å²) in [4.78, 5) is 0. The highest BCUT2D eigenvalue weighted by Gasteiger charge is 2.15. The monoisotopic (exact) mass is 362 g/mol. The van der Waals surface area contributed by atoms with Gasteiger partial charge in [-0.15, -0.1) is 0 Å². The fourth-order valence-corrected chi connectivity index (χ4v) is 4.16. The molecule has 1 unspecified atom stereocenters. The number of unbranched alkanes of at least 4 members (excludes halogenated alkanes) is 5. The maximum absolute atomic E-state index is 9.43. The molecule has 0 spiro atoms. The molecule has 1 nitrogen and oxygen atoms in total. The second-order valence-corrected chi connectivity index (χ2v) is 8.05. The van der Waals surface area contributed by atoms with E-state index >= 15 is 0 Å². The van der Waals surface area contributed by atoms with Crippen molar-refractivity contribution in [3.8, 4) is 16.9 Å². The van der Waals surface area contributed by atoms with Crippen LogP contribution in [-0.2, 0) is 0 Å². The summed E-state index contributed by atoms with van der Waals surface area (Å²) in [6.07, 6.45) is 16.2. The summed E-state index contributed by atoms with van der Waals surface area (Å²) in [6, 6.07) is 16.3. The summed E-state index contributed by atoms with van der Waals surface area (Å²) < 4.78 is 0. The van der Waals surface area contributed by atoms with Crippen molar-refractivity contribution in [2.45, 2.75) is 71.1 Å². The first-order chi connectivity index (χ1) is 13.3. The minimum Gasteiger partial charge on any atom is -0.508 e. The summed E-state index contributed by atoms with van der Waals surface area (Å²) in [5.74, 6) is 1.22. The Morgan fingerprint density at radius 3 is 2.00 bits per heavy atom. The van der Waals surface area contributed by atoms with Gasteiger partial charge in [-0.2, -0.15) is 0 Å². The molecule has 0 amide bonds. The summed E-state index contributed by atoms with van der Waals surface area (Å²) in [5, 5.41) is 9.43. The molecule has 2 aromatic carbocycles. The molecule has 1 aliphatic carbocycles. The van der Waals surface area contributed by atoms with Crippen LogP contribution in [0.5, 0.6) is 5.75 Å². The lowest BCUT2D eigenvalue weighted by Crippen LogP contribution is -2.05. The van der Waals surface area contributed by atoms with Crippen molar-refractivity contribution in [2.24, 2.45) is 5.92 Å². The Morgan fingerprint density at radius 1 is 0.778 bits per heavy atom. The van der Waals surface area contributed by atoms with E-state index in [1.165, 1.54) is 80.9 Å². The Kier molecular flexibility index (Phi) is 7.56. The van der Waals surface area contributed by atoms with Crippen LogP contribution in [0.3, 0.4) is 0 Å². The van der Waals surface area contributed by atoms with Gasteiger partial charge in [-0.25, -0.2) is 0 Å². The average Bonchev–Trinajstić information content (AvgIpc) is 2.72. The van der Waals surface area contributed by atoms with Crippen LogP contribution in [0.15, 0.2) is 54.6 Å². The number of aromatic hydroxyl groups is 1. The molecular formula is C26H34O. The third kappa shape index (κ3) is 5.99. The minimum atomic E-state index is 0.318. The standard InChI is InChI=1S/C26H34O/c1-2-3-4-5-6-7-8-21-9-11-22(12-10-21)23-13-15-24(16-14-23)25-17-19-26(27)20-18-25/h11,13-21,27H,2-10,12H2,1H3.